The molecule has 0 aromatic carbocycles. The van der Waals surface area contributed by atoms with E-state index in [0.29, 0.717) is 5.82 Å². The van der Waals surface area contributed by atoms with Crippen molar-refractivity contribution in [1.29, 1.82) is 0 Å². The van der Waals surface area contributed by atoms with Crippen LogP contribution >= 0.6 is 0 Å². The largest absolute Gasteiger partial charge is 0.392 e. The number of aryl methyl sites for hydroxylation is 1. The van der Waals surface area contributed by atoms with Crippen molar-refractivity contribution in [3.63, 3.8) is 0 Å². The number of pyridine rings is 1. The first-order chi connectivity index (χ1) is 8.94. The predicted molar refractivity (Wildman–Crippen MR) is 69.8 cm³/mol. The topological polar surface area (TPSA) is 85.1 Å². The Hall–Kier alpha value is -1.73. The van der Waals surface area contributed by atoms with Crippen molar-refractivity contribution >= 4 is 9.84 Å². The van der Waals surface area contributed by atoms with E-state index in [1.807, 2.05) is 13.0 Å². The van der Waals surface area contributed by atoms with Crippen molar-refractivity contribution in [2.45, 2.75) is 24.8 Å². The van der Waals surface area contributed by atoms with E-state index in [1.165, 1.54) is 17.1 Å². The number of sulfone groups is 1. The molecule has 0 amide bonds. The minimum Gasteiger partial charge on any atom is -0.392 e. The summed E-state index contributed by atoms with van der Waals surface area (Å²) in [4.78, 5) is 4.50. The lowest BCUT2D eigenvalue weighted by Crippen LogP contribution is -2.03. The molecule has 0 saturated carbocycles. The van der Waals surface area contributed by atoms with Gasteiger partial charge in [0.1, 0.15) is 4.90 Å². The zero-order valence-corrected chi connectivity index (χ0v) is 11.6. The lowest BCUT2D eigenvalue weighted by atomic mass is 10.2. The minimum atomic E-state index is -3.28. The van der Waals surface area contributed by atoms with E-state index in [-0.39, 0.29) is 11.5 Å². The summed E-state index contributed by atoms with van der Waals surface area (Å²) in [5.74, 6) is 0.498. The minimum absolute atomic E-state index is 0.0945. The van der Waals surface area contributed by atoms with Crippen LogP contribution in [0.25, 0.3) is 5.82 Å². The van der Waals surface area contributed by atoms with Gasteiger partial charge in [-0.15, -0.1) is 0 Å². The molecule has 0 aliphatic carbocycles. The Balaban J connectivity index is 2.49. The van der Waals surface area contributed by atoms with Gasteiger partial charge in [-0.25, -0.2) is 18.1 Å². The van der Waals surface area contributed by atoms with Crippen LogP contribution in [0.5, 0.6) is 0 Å². The summed E-state index contributed by atoms with van der Waals surface area (Å²) in [5.41, 5.74) is 1.54. The highest BCUT2D eigenvalue weighted by Crippen LogP contribution is 2.14. The first-order valence-corrected chi connectivity index (χ1v) is 7.69. The van der Waals surface area contributed by atoms with Crippen molar-refractivity contribution in [3.05, 3.63) is 35.8 Å². The van der Waals surface area contributed by atoms with Crippen LogP contribution in [0.2, 0.25) is 0 Å². The van der Waals surface area contributed by atoms with Gasteiger partial charge in [0.15, 0.2) is 15.7 Å². The van der Waals surface area contributed by atoms with Gasteiger partial charge in [0, 0.05) is 11.9 Å². The van der Waals surface area contributed by atoms with Crippen LogP contribution in [-0.4, -0.2) is 34.5 Å². The van der Waals surface area contributed by atoms with Gasteiger partial charge < -0.3 is 5.11 Å². The van der Waals surface area contributed by atoms with Crippen molar-refractivity contribution in [1.82, 2.24) is 14.8 Å². The summed E-state index contributed by atoms with van der Waals surface area (Å²) in [7, 11) is -3.28. The number of hydrogen-bond acceptors (Lipinski definition) is 5. The van der Waals surface area contributed by atoms with E-state index in [1.54, 1.807) is 6.07 Å². The molecule has 0 fully saturated rings. The molecule has 7 heteroatoms. The van der Waals surface area contributed by atoms with Crippen LogP contribution in [0.3, 0.4) is 0 Å². The number of aromatic nitrogens is 3. The highest BCUT2D eigenvalue weighted by molar-refractivity contribution is 7.90. The van der Waals surface area contributed by atoms with Crippen LogP contribution in [-0.2, 0) is 22.9 Å². The van der Waals surface area contributed by atoms with Crippen molar-refractivity contribution in [2.24, 2.45) is 0 Å². The predicted octanol–water partition coefficient (Wildman–Crippen LogP) is 0.725. The average molecular weight is 281 g/mol. The number of nitrogens with zero attached hydrogens (tertiary/aromatic N) is 3. The molecule has 0 atom stereocenters. The Labute approximate surface area is 111 Å². The number of aliphatic hydroxyl groups is 1. The maximum Gasteiger partial charge on any atom is 0.178 e. The monoisotopic (exact) mass is 281 g/mol. The van der Waals surface area contributed by atoms with E-state index in [2.05, 4.69) is 10.1 Å². The number of rotatable bonds is 4. The van der Waals surface area contributed by atoms with Gasteiger partial charge in [0.2, 0.25) is 0 Å². The Morgan fingerprint density at radius 3 is 2.63 bits per heavy atom. The molecule has 6 nitrogen and oxygen atoms in total. The molecule has 0 radical (unpaired) electrons. The first kappa shape index (κ1) is 13.7. The van der Waals surface area contributed by atoms with Crippen molar-refractivity contribution in [3.8, 4) is 5.82 Å². The highest BCUT2D eigenvalue weighted by Gasteiger charge is 2.12. The maximum atomic E-state index is 11.4. The third kappa shape index (κ3) is 2.99. The van der Waals surface area contributed by atoms with E-state index >= 15 is 0 Å². The molecule has 2 aromatic rings. The van der Waals surface area contributed by atoms with Gasteiger partial charge in [-0.1, -0.05) is 6.92 Å². The molecule has 2 aromatic heterocycles. The maximum absolute atomic E-state index is 11.4. The molecule has 0 aliphatic heterocycles. The molecule has 2 rings (SSSR count). The third-order valence-electron chi connectivity index (χ3n) is 2.69. The Bertz CT molecular complexity index is 670. The first-order valence-electron chi connectivity index (χ1n) is 5.80. The van der Waals surface area contributed by atoms with Crippen molar-refractivity contribution < 1.29 is 13.5 Å². The fraction of sp³-hybridized carbons (Fsp3) is 0.333. The summed E-state index contributed by atoms with van der Waals surface area (Å²) in [5, 5.41) is 13.2. The molecule has 2 heterocycles. The second kappa shape index (κ2) is 5.10. The Morgan fingerprint density at radius 2 is 2.11 bits per heavy atom. The van der Waals surface area contributed by atoms with Gasteiger partial charge in [0.25, 0.3) is 0 Å². The van der Waals surface area contributed by atoms with Crippen LogP contribution in [0, 0.1) is 0 Å². The summed E-state index contributed by atoms with van der Waals surface area (Å²) in [6, 6.07) is 3.49. The number of hydrogen-bond donors (Lipinski definition) is 1. The Kier molecular flexibility index (Phi) is 3.68. The second-order valence-electron chi connectivity index (χ2n) is 4.23. The smallest absolute Gasteiger partial charge is 0.178 e. The summed E-state index contributed by atoms with van der Waals surface area (Å²) in [6.45, 7) is 1.86. The van der Waals surface area contributed by atoms with E-state index in [9.17, 15) is 13.5 Å². The van der Waals surface area contributed by atoms with Gasteiger partial charge in [-0.2, -0.15) is 5.10 Å². The van der Waals surface area contributed by atoms with Crippen LogP contribution in [0.4, 0.5) is 0 Å². The lowest BCUT2D eigenvalue weighted by Gasteiger charge is -2.06. The van der Waals surface area contributed by atoms with Crippen LogP contribution in [0.15, 0.2) is 29.4 Å². The van der Waals surface area contributed by atoms with Gasteiger partial charge in [-0.05, 0) is 24.1 Å². The molecule has 0 saturated heterocycles. The van der Waals surface area contributed by atoms with Gasteiger partial charge >= 0.3 is 0 Å². The quantitative estimate of drug-likeness (QED) is 0.892. The molecule has 0 spiro atoms. The molecular weight excluding hydrogens is 266 g/mol. The van der Waals surface area contributed by atoms with E-state index in [0.717, 1.165) is 23.9 Å². The van der Waals surface area contributed by atoms with Crippen LogP contribution in [0.1, 0.15) is 18.2 Å². The van der Waals surface area contributed by atoms with Crippen LogP contribution < -0.4 is 0 Å². The Morgan fingerprint density at radius 1 is 1.37 bits per heavy atom. The summed E-state index contributed by atoms with van der Waals surface area (Å²) < 4.78 is 24.2. The summed E-state index contributed by atoms with van der Waals surface area (Å²) >= 11 is 0. The van der Waals surface area contributed by atoms with E-state index < -0.39 is 9.84 Å². The lowest BCUT2D eigenvalue weighted by molar-refractivity contribution is 0.281. The molecule has 19 heavy (non-hydrogen) atoms. The molecule has 0 aliphatic rings. The van der Waals surface area contributed by atoms with Crippen molar-refractivity contribution in [2.75, 3.05) is 6.26 Å². The fourth-order valence-corrected chi connectivity index (χ4v) is 2.18. The molecule has 0 bridgehead atoms. The third-order valence-corrected chi connectivity index (χ3v) is 3.76. The molecule has 102 valence electrons. The standard InChI is InChI=1S/C12H15N3O3S/c1-3-10-4-9(8-16)5-12(14-10)15-7-11(6-13-15)19(2,17)18/h4-7,16H,3,8H2,1-2H3. The SMILES string of the molecule is CCc1cc(CO)cc(-n2cc(S(C)(=O)=O)cn2)n1. The van der Waals surface area contributed by atoms with Gasteiger partial charge in [0.05, 0.1) is 19.0 Å². The molecule has 0 unspecified atom stereocenters. The van der Waals surface area contributed by atoms with E-state index in [4.69, 9.17) is 0 Å². The zero-order chi connectivity index (χ0) is 14.0. The normalized spacial score (nSPS) is 11.7. The zero-order valence-electron chi connectivity index (χ0n) is 10.7. The summed E-state index contributed by atoms with van der Waals surface area (Å²) in [6.07, 6.45) is 4.55. The second-order valence-corrected chi connectivity index (χ2v) is 6.25. The average Bonchev–Trinajstić information content (AvgIpc) is 2.87. The van der Waals surface area contributed by atoms with Gasteiger partial charge in [-0.3, -0.25) is 0 Å². The highest BCUT2D eigenvalue weighted by atomic mass is 32.2. The number of aliphatic hydroxyl groups excluding tert-OH is 1. The molecular formula is C12H15N3O3S. The fourth-order valence-electron chi connectivity index (χ4n) is 1.65. The molecule has 1 N–H and O–H groups in total.